The van der Waals surface area contributed by atoms with Crippen molar-refractivity contribution in [3.63, 3.8) is 0 Å². The van der Waals surface area contributed by atoms with Crippen molar-refractivity contribution in [1.82, 2.24) is 0 Å². The largest absolute Gasteiger partial charge is 0.481 e. The molecule has 0 amide bonds. The van der Waals surface area contributed by atoms with Crippen molar-refractivity contribution in [2.75, 3.05) is 5.32 Å². The van der Waals surface area contributed by atoms with Gasteiger partial charge in [0.25, 0.3) is 0 Å². The van der Waals surface area contributed by atoms with Crippen molar-refractivity contribution < 1.29 is 9.90 Å². The van der Waals surface area contributed by atoms with E-state index in [1.807, 2.05) is 0 Å². The van der Waals surface area contributed by atoms with Gasteiger partial charge in [-0.05, 0) is 49.3 Å². The smallest absolute Gasteiger partial charge is 0.306 e. The zero-order chi connectivity index (χ0) is 13.8. The van der Waals surface area contributed by atoms with E-state index in [-0.39, 0.29) is 5.92 Å². The summed E-state index contributed by atoms with van der Waals surface area (Å²) in [6.45, 7) is 4.38. The van der Waals surface area contributed by atoms with Gasteiger partial charge in [-0.3, -0.25) is 4.79 Å². The van der Waals surface area contributed by atoms with Crippen LogP contribution in [-0.4, -0.2) is 17.1 Å². The average molecular weight is 261 g/mol. The highest BCUT2D eigenvalue weighted by molar-refractivity contribution is 5.70. The number of nitrogens with one attached hydrogen (secondary N) is 1. The zero-order valence-corrected chi connectivity index (χ0v) is 11.7. The Morgan fingerprint density at radius 2 is 1.95 bits per heavy atom. The number of aliphatic carboxylic acids is 1. The lowest BCUT2D eigenvalue weighted by atomic mass is 9.86. The molecular formula is C16H23NO2. The molecule has 1 aliphatic rings. The molecular weight excluding hydrogens is 238 g/mol. The molecule has 1 fully saturated rings. The molecule has 1 saturated carbocycles. The van der Waals surface area contributed by atoms with E-state index < -0.39 is 5.97 Å². The van der Waals surface area contributed by atoms with Gasteiger partial charge in [-0.1, -0.05) is 26.0 Å². The van der Waals surface area contributed by atoms with Crippen LogP contribution in [0.3, 0.4) is 0 Å². The van der Waals surface area contributed by atoms with Crippen LogP contribution < -0.4 is 5.32 Å². The molecule has 3 nitrogen and oxygen atoms in total. The molecule has 104 valence electrons. The summed E-state index contributed by atoms with van der Waals surface area (Å²) in [7, 11) is 0. The molecule has 0 heterocycles. The number of hydrogen-bond donors (Lipinski definition) is 2. The first-order valence-electron chi connectivity index (χ1n) is 7.15. The third-order valence-electron chi connectivity index (χ3n) is 4.00. The van der Waals surface area contributed by atoms with Crippen LogP contribution in [0.2, 0.25) is 0 Å². The lowest BCUT2D eigenvalue weighted by Gasteiger charge is -2.27. The Kier molecular flexibility index (Phi) is 4.46. The fourth-order valence-corrected chi connectivity index (χ4v) is 2.71. The number of carbonyl (C=O) groups is 1. The Balaban J connectivity index is 1.92. The normalized spacial score (nSPS) is 23.3. The van der Waals surface area contributed by atoms with Crippen LogP contribution in [0.4, 0.5) is 5.69 Å². The summed E-state index contributed by atoms with van der Waals surface area (Å²) in [6, 6.07) is 8.94. The predicted molar refractivity (Wildman–Crippen MR) is 77.5 cm³/mol. The van der Waals surface area contributed by atoms with Gasteiger partial charge >= 0.3 is 5.97 Å². The summed E-state index contributed by atoms with van der Waals surface area (Å²) >= 11 is 0. The SMILES string of the molecule is CC(C)c1cccc(NC2CCC(C(=O)O)CC2)c1. The third-order valence-corrected chi connectivity index (χ3v) is 4.00. The summed E-state index contributed by atoms with van der Waals surface area (Å²) in [4.78, 5) is 10.9. The average Bonchev–Trinajstić information content (AvgIpc) is 2.39. The van der Waals surface area contributed by atoms with Gasteiger partial charge in [0, 0.05) is 11.7 Å². The summed E-state index contributed by atoms with van der Waals surface area (Å²) in [5.74, 6) is -0.246. The quantitative estimate of drug-likeness (QED) is 0.865. The molecule has 3 heteroatoms. The van der Waals surface area contributed by atoms with Crippen molar-refractivity contribution in [1.29, 1.82) is 0 Å². The fourth-order valence-electron chi connectivity index (χ4n) is 2.71. The standard InChI is InChI=1S/C16H23NO2/c1-11(2)13-4-3-5-15(10-13)17-14-8-6-12(7-9-14)16(18)19/h3-5,10-12,14,17H,6-9H2,1-2H3,(H,18,19). The molecule has 19 heavy (non-hydrogen) atoms. The Morgan fingerprint density at radius 3 is 2.53 bits per heavy atom. The minimum absolute atomic E-state index is 0.139. The maximum atomic E-state index is 10.9. The van der Waals surface area contributed by atoms with Crippen LogP contribution in [0.1, 0.15) is 51.0 Å². The summed E-state index contributed by atoms with van der Waals surface area (Å²) in [6.07, 6.45) is 3.47. The number of benzene rings is 1. The van der Waals surface area contributed by atoms with Gasteiger partial charge < -0.3 is 10.4 Å². The van der Waals surface area contributed by atoms with E-state index in [9.17, 15) is 4.79 Å². The lowest BCUT2D eigenvalue weighted by Crippen LogP contribution is -2.29. The molecule has 0 saturated heterocycles. The monoisotopic (exact) mass is 261 g/mol. The number of anilines is 1. The minimum Gasteiger partial charge on any atom is -0.481 e. The first kappa shape index (κ1) is 13.9. The van der Waals surface area contributed by atoms with E-state index >= 15 is 0 Å². The molecule has 1 aromatic carbocycles. The first-order chi connectivity index (χ1) is 9.06. The maximum Gasteiger partial charge on any atom is 0.306 e. The van der Waals surface area contributed by atoms with E-state index in [1.54, 1.807) is 0 Å². The highest BCUT2D eigenvalue weighted by Crippen LogP contribution is 2.27. The molecule has 0 atom stereocenters. The molecule has 0 radical (unpaired) electrons. The number of carboxylic acids is 1. The zero-order valence-electron chi connectivity index (χ0n) is 11.7. The molecule has 1 aromatic rings. The molecule has 0 spiro atoms. The van der Waals surface area contributed by atoms with Gasteiger partial charge in [0.1, 0.15) is 0 Å². The van der Waals surface area contributed by atoms with Crippen molar-refractivity contribution >= 4 is 11.7 Å². The Labute approximate surface area is 115 Å². The second-order valence-corrected chi connectivity index (χ2v) is 5.81. The van der Waals surface area contributed by atoms with E-state index in [0.29, 0.717) is 12.0 Å². The molecule has 2 rings (SSSR count). The van der Waals surface area contributed by atoms with Crippen LogP contribution in [0.5, 0.6) is 0 Å². The van der Waals surface area contributed by atoms with E-state index in [0.717, 1.165) is 31.4 Å². The molecule has 0 aromatic heterocycles. The molecule has 1 aliphatic carbocycles. The van der Waals surface area contributed by atoms with Gasteiger partial charge in [-0.15, -0.1) is 0 Å². The van der Waals surface area contributed by atoms with Gasteiger partial charge in [-0.25, -0.2) is 0 Å². The highest BCUT2D eigenvalue weighted by atomic mass is 16.4. The molecule has 0 bridgehead atoms. The van der Waals surface area contributed by atoms with E-state index in [4.69, 9.17) is 5.11 Å². The molecule has 0 unspecified atom stereocenters. The van der Waals surface area contributed by atoms with Crippen molar-refractivity contribution in [3.05, 3.63) is 29.8 Å². The molecule has 0 aliphatic heterocycles. The minimum atomic E-state index is -0.639. The van der Waals surface area contributed by atoms with Gasteiger partial charge in [0.05, 0.1) is 5.92 Å². The second-order valence-electron chi connectivity index (χ2n) is 5.81. The molecule has 2 N–H and O–H groups in total. The summed E-state index contributed by atoms with van der Waals surface area (Å²) in [5.41, 5.74) is 2.49. The Hall–Kier alpha value is -1.51. The van der Waals surface area contributed by atoms with Gasteiger partial charge in [0.15, 0.2) is 0 Å². The van der Waals surface area contributed by atoms with E-state index in [2.05, 4.69) is 43.4 Å². The maximum absolute atomic E-state index is 10.9. The summed E-state index contributed by atoms with van der Waals surface area (Å²) in [5, 5.41) is 12.5. The van der Waals surface area contributed by atoms with E-state index in [1.165, 1.54) is 5.56 Å². The number of hydrogen-bond acceptors (Lipinski definition) is 2. The van der Waals surface area contributed by atoms with Crippen LogP contribution in [0, 0.1) is 5.92 Å². The Morgan fingerprint density at radius 1 is 1.26 bits per heavy atom. The van der Waals surface area contributed by atoms with Crippen LogP contribution >= 0.6 is 0 Å². The fraction of sp³-hybridized carbons (Fsp3) is 0.562. The van der Waals surface area contributed by atoms with Crippen LogP contribution in [-0.2, 0) is 4.79 Å². The number of rotatable bonds is 4. The van der Waals surface area contributed by atoms with Crippen molar-refractivity contribution in [3.8, 4) is 0 Å². The second kappa shape index (κ2) is 6.09. The third kappa shape index (κ3) is 3.72. The van der Waals surface area contributed by atoms with Gasteiger partial charge in [0.2, 0.25) is 0 Å². The van der Waals surface area contributed by atoms with Crippen LogP contribution in [0.25, 0.3) is 0 Å². The van der Waals surface area contributed by atoms with Crippen LogP contribution in [0.15, 0.2) is 24.3 Å². The number of carboxylic acid groups (broad SMARTS) is 1. The summed E-state index contributed by atoms with van der Waals surface area (Å²) < 4.78 is 0. The van der Waals surface area contributed by atoms with Gasteiger partial charge in [-0.2, -0.15) is 0 Å². The predicted octanol–water partition coefficient (Wildman–Crippen LogP) is 3.87. The Bertz CT molecular complexity index is 434. The first-order valence-corrected chi connectivity index (χ1v) is 7.15. The highest BCUT2D eigenvalue weighted by Gasteiger charge is 2.25. The van der Waals surface area contributed by atoms with Crippen molar-refractivity contribution in [2.45, 2.75) is 51.5 Å². The van der Waals surface area contributed by atoms with Crippen molar-refractivity contribution in [2.24, 2.45) is 5.92 Å². The lowest BCUT2D eigenvalue weighted by molar-refractivity contribution is -0.142. The topological polar surface area (TPSA) is 49.3 Å².